The van der Waals surface area contributed by atoms with E-state index >= 15 is 0 Å². The lowest BCUT2D eigenvalue weighted by molar-refractivity contribution is 0.0512. The highest BCUT2D eigenvalue weighted by Gasteiger charge is 2.34. The van der Waals surface area contributed by atoms with E-state index in [1.54, 1.807) is 0 Å². The van der Waals surface area contributed by atoms with Crippen molar-refractivity contribution in [2.45, 2.75) is 171 Å². The van der Waals surface area contributed by atoms with Crippen molar-refractivity contribution < 1.29 is 14.6 Å². The molecule has 0 spiro atoms. The Bertz CT molecular complexity index is 842. The molecule has 228 valence electrons. The zero-order chi connectivity index (χ0) is 29.8. The molecule has 3 nitrogen and oxygen atoms in total. The maximum absolute atomic E-state index is 10.4. The smallest absolute Gasteiger partial charge is 0.182 e. The maximum Gasteiger partial charge on any atom is 0.182 e. The van der Waals surface area contributed by atoms with Crippen molar-refractivity contribution in [3.05, 3.63) is 22.3 Å². The molecule has 0 aromatic heterocycles. The third-order valence-electron chi connectivity index (χ3n) is 9.01. The predicted molar refractivity (Wildman–Crippen MR) is 174 cm³/mol. The van der Waals surface area contributed by atoms with Gasteiger partial charge in [0.25, 0.3) is 0 Å². The minimum atomic E-state index is -1.68. The normalized spacial score (nSPS) is 18.7. The van der Waals surface area contributed by atoms with E-state index in [1.165, 1.54) is 69.8 Å². The van der Waals surface area contributed by atoms with Gasteiger partial charge in [-0.3, -0.25) is 0 Å². The van der Waals surface area contributed by atoms with Gasteiger partial charge in [0.05, 0.1) is 0 Å². The van der Waals surface area contributed by atoms with Gasteiger partial charge in [-0.05, 0) is 107 Å². The molecule has 1 aliphatic heterocycles. The van der Waals surface area contributed by atoms with Gasteiger partial charge in [0.1, 0.15) is 17.1 Å². The number of benzene rings is 1. The SMILES string of the molecule is CCCC[Si](C)(C)O.Cc1c(C)c2c(c(C)c1O)CC[C@@](C)(CCCC(C)CCCC(C)CCCC(C)C)O2. The van der Waals surface area contributed by atoms with Gasteiger partial charge in [-0.25, -0.2) is 0 Å². The van der Waals surface area contributed by atoms with Crippen molar-refractivity contribution in [3.63, 3.8) is 0 Å². The lowest BCUT2D eigenvalue weighted by atomic mass is 9.84. The Hall–Kier alpha value is -1.00. The molecule has 2 rings (SSSR count). The van der Waals surface area contributed by atoms with Gasteiger partial charge in [0.15, 0.2) is 8.32 Å². The number of hydrogen-bond acceptors (Lipinski definition) is 3. The Balaban J connectivity index is 0.000000824. The Morgan fingerprint density at radius 3 is 1.85 bits per heavy atom. The summed E-state index contributed by atoms with van der Waals surface area (Å²) in [7, 11) is -1.68. The number of unbranched alkanes of at least 4 members (excludes halogenated alkanes) is 1. The van der Waals surface area contributed by atoms with Crippen LogP contribution in [0.5, 0.6) is 11.5 Å². The number of phenolic OH excluding ortho intramolecular Hbond substituents is 1. The van der Waals surface area contributed by atoms with Crippen molar-refractivity contribution in [2.24, 2.45) is 17.8 Å². The second-order valence-electron chi connectivity index (χ2n) is 14.4. The van der Waals surface area contributed by atoms with Crippen LogP contribution < -0.4 is 4.74 Å². The number of hydrogen-bond donors (Lipinski definition) is 2. The molecule has 0 fully saturated rings. The van der Waals surface area contributed by atoms with Crippen LogP contribution in [0.1, 0.15) is 141 Å². The first-order chi connectivity index (χ1) is 18.1. The third kappa shape index (κ3) is 13.5. The largest absolute Gasteiger partial charge is 0.507 e. The summed E-state index contributed by atoms with van der Waals surface area (Å²) in [6.07, 6.45) is 16.4. The van der Waals surface area contributed by atoms with Crippen LogP contribution in [0.3, 0.4) is 0 Å². The molecular weight excluding hydrogens is 496 g/mol. The van der Waals surface area contributed by atoms with E-state index in [0.29, 0.717) is 5.75 Å². The lowest BCUT2D eigenvalue weighted by Gasteiger charge is -2.38. The van der Waals surface area contributed by atoms with Gasteiger partial charge in [-0.15, -0.1) is 0 Å². The fraction of sp³-hybridized carbons (Fsp3) is 0.829. The molecule has 0 aliphatic carbocycles. The average molecular weight is 563 g/mol. The fourth-order valence-corrected chi connectivity index (χ4v) is 7.10. The Labute approximate surface area is 244 Å². The number of aromatic hydroxyl groups is 1. The van der Waals surface area contributed by atoms with Crippen molar-refractivity contribution in [3.8, 4) is 11.5 Å². The molecule has 0 radical (unpaired) electrons. The topological polar surface area (TPSA) is 49.7 Å². The van der Waals surface area contributed by atoms with Crippen LogP contribution >= 0.6 is 0 Å². The quantitative estimate of drug-likeness (QED) is 0.209. The number of phenols is 1. The molecule has 1 aromatic rings. The van der Waals surface area contributed by atoms with E-state index in [1.807, 2.05) is 26.9 Å². The van der Waals surface area contributed by atoms with Crippen LogP contribution in [0.2, 0.25) is 19.1 Å². The van der Waals surface area contributed by atoms with Crippen LogP contribution in [0.15, 0.2) is 0 Å². The van der Waals surface area contributed by atoms with E-state index in [2.05, 4.69) is 48.5 Å². The highest BCUT2D eigenvalue weighted by molar-refractivity contribution is 6.69. The minimum absolute atomic E-state index is 0.0712. The molecule has 1 aromatic carbocycles. The van der Waals surface area contributed by atoms with Gasteiger partial charge in [-0.2, -0.15) is 0 Å². The van der Waals surface area contributed by atoms with E-state index < -0.39 is 8.32 Å². The summed E-state index contributed by atoms with van der Waals surface area (Å²) >= 11 is 0. The summed E-state index contributed by atoms with van der Waals surface area (Å²) in [6.45, 7) is 24.1. The van der Waals surface area contributed by atoms with Crippen molar-refractivity contribution in [1.82, 2.24) is 0 Å². The summed E-state index contributed by atoms with van der Waals surface area (Å²) in [5, 5.41) is 10.4. The zero-order valence-corrected chi connectivity index (χ0v) is 28.9. The zero-order valence-electron chi connectivity index (χ0n) is 27.9. The monoisotopic (exact) mass is 562 g/mol. The number of rotatable bonds is 15. The van der Waals surface area contributed by atoms with Gasteiger partial charge in [-0.1, -0.05) is 92.4 Å². The predicted octanol–water partition coefficient (Wildman–Crippen LogP) is 10.8. The van der Waals surface area contributed by atoms with E-state index in [-0.39, 0.29) is 5.60 Å². The molecule has 1 heterocycles. The van der Waals surface area contributed by atoms with Crippen LogP contribution in [0, 0.1) is 38.5 Å². The summed E-state index contributed by atoms with van der Waals surface area (Å²) in [4.78, 5) is 9.29. The standard InChI is InChI=1S/C29H50O2.C6H16OSi/c1-20(2)12-9-13-21(3)14-10-15-22(4)16-11-18-29(8)19-17-26-25(7)27(30)23(5)24(6)28(26)31-29;1-4-5-6-8(2,3)7/h20-22,30H,9-19H2,1-8H3;7H,4-6H2,1-3H3/t21?,22?,29-;/m1./s1. The lowest BCUT2D eigenvalue weighted by Crippen LogP contribution is -2.37. The summed E-state index contributed by atoms with van der Waals surface area (Å²) < 4.78 is 6.60. The Kier molecular flexibility index (Phi) is 15.8. The molecule has 1 aliphatic rings. The second kappa shape index (κ2) is 17.1. The van der Waals surface area contributed by atoms with Crippen molar-refractivity contribution in [2.75, 3.05) is 0 Å². The minimum Gasteiger partial charge on any atom is -0.507 e. The molecule has 0 amide bonds. The summed E-state index contributed by atoms with van der Waals surface area (Å²) in [5.41, 5.74) is 4.23. The third-order valence-corrected chi connectivity index (χ3v) is 10.6. The van der Waals surface area contributed by atoms with Gasteiger partial charge in [0.2, 0.25) is 0 Å². The highest BCUT2D eigenvalue weighted by atomic mass is 28.4. The molecule has 2 N–H and O–H groups in total. The molecule has 0 bridgehead atoms. The number of ether oxygens (including phenoxy) is 1. The Morgan fingerprint density at radius 2 is 1.36 bits per heavy atom. The fourth-order valence-electron chi connectivity index (χ4n) is 5.88. The van der Waals surface area contributed by atoms with Crippen LogP contribution in [-0.2, 0) is 6.42 Å². The van der Waals surface area contributed by atoms with E-state index in [9.17, 15) is 9.90 Å². The van der Waals surface area contributed by atoms with Crippen LogP contribution in [0.25, 0.3) is 0 Å². The first-order valence-electron chi connectivity index (χ1n) is 16.3. The van der Waals surface area contributed by atoms with E-state index in [4.69, 9.17) is 4.74 Å². The van der Waals surface area contributed by atoms with Gasteiger partial charge in [0, 0.05) is 5.56 Å². The molecule has 0 saturated heterocycles. The molecule has 4 heteroatoms. The van der Waals surface area contributed by atoms with E-state index in [0.717, 1.165) is 65.5 Å². The molecular formula is C35H66O3Si. The Morgan fingerprint density at radius 1 is 0.821 bits per heavy atom. The molecule has 0 saturated carbocycles. The van der Waals surface area contributed by atoms with Gasteiger partial charge < -0.3 is 14.6 Å². The van der Waals surface area contributed by atoms with Crippen LogP contribution in [0.4, 0.5) is 0 Å². The van der Waals surface area contributed by atoms with Crippen molar-refractivity contribution >= 4 is 8.32 Å². The van der Waals surface area contributed by atoms with Gasteiger partial charge >= 0.3 is 0 Å². The molecule has 39 heavy (non-hydrogen) atoms. The average Bonchev–Trinajstić information content (AvgIpc) is 2.84. The summed E-state index contributed by atoms with van der Waals surface area (Å²) in [5.74, 6) is 4.04. The number of fused-ring (bicyclic) bond motifs is 1. The maximum atomic E-state index is 10.4. The van der Waals surface area contributed by atoms with Crippen LogP contribution in [-0.4, -0.2) is 23.8 Å². The summed E-state index contributed by atoms with van der Waals surface area (Å²) in [6, 6.07) is 1.06. The highest BCUT2D eigenvalue weighted by Crippen LogP contribution is 2.44. The first-order valence-corrected chi connectivity index (χ1v) is 19.5. The first kappa shape index (κ1) is 36.0. The molecule has 2 unspecified atom stereocenters. The van der Waals surface area contributed by atoms with Crippen molar-refractivity contribution in [1.29, 1.82) is 0 Å². The second-order valence-corrected chi connectivity index (χ2v) is 18.5. The molecule has 3 atom stereocenters.